The Bertz CT molecular complexity index is 1050. The average Bonchev–Trinajstić information content (AvgIpc) is 3.06. The van der Waals surface area contributed by atoms with E-state index in [9.17, 15) is 0 Å². The topological polar surface area (TPSA) is 103 Å². The van der Waals surface area contributed by atoms with E-state index in [0.717, 1.165) is 27.1 Å². The molecule has 6 N–H and O–H groups in total. The van der Waals surface area contributed by atoms with E-state index >= 15 is 0 Å². The van der Waals surface area contributed by atoms with Crippen molar-refractivity contribution in [2.75, 3.05) is 11.5 Å². The molecule has 0 aliphatic heterocycles. The minimum atomic E-state index is 0.245. The van der Waals surface area contributed by atoms with Gasteiger partial charge in [-0.05, 0) is 35.2 Å². The van der Waals surface area contributed by atoms with Gasteiger partial charge in [-0.25, -0.2) is 9.97 Å². The average molecular weight is 346 g/mol. The largest absolute Gasteiger partial charge is 0.398 e. The van der Waals surface area contributed by atoms with Gasteiger partial charge in [-0.1, -0.05) is 18.2 Å². The summed E-state index contributed by atoms with van der Waals surface area (Å²) in [5.74, 6) is 0.245. The first-order chi connectivity index (χ1) is 12.2. The van der Waals surface area contributed by atoms with Crippen LogP contribution in [0.3, 0.4) is 0 Å². The number of nitrogens with two attached hydrogens (primary N) is 3. The molecule has 0 aliphatic carbocycles. The zero-order valence-corrected chi connectivity index (χ0v) is 14.1. The number of hydrogen-bond donors (Lipinski definition) is 3. The number of fused-ring (bicyclic) bond motifs is 1. The Morgan fingerprint density at radius 2 is 1.72 bits per heavy atom. The highest BCUT2D eigenvalue weighted by molar-refractivity contribution is 7.22. The lowest BCUT2D eigenvalue weighted by Gasteiger charge is -2.10. The van der Waals surface area contributed by atoms with Gasteiger partial charge in [0.05, 0.1) is 11.3 Å². The molecule has 0 saturated carbocycles. The fraction of sp³-hybridized carbons (Fsp3) is 0. The van der Waals surface area contributed by atoms with Crippen molar-refractivity contribution in [3.63, 3.8) is 0 Å². The van der Waals surface area contributed by atoms with E-state index < -0.39 is 0 Å². The van der Waals surface area contributed by atoms with Crippen LogP contribution in [0.15, 0.2) is 54.9 Å². The van der Waals surface area contributed by atoms with Crippen LogP contribution >= 0.6 is 11.3 Å². The lowest BCUT2D eigenvalue weighted by molar-refractivity contribution is -0.104. The highest BCUT2D eigenvalue weighted by Gasteiger charge is 2.14. The maximum atomic E-state index is 6.36. The molecule has 4 rings (SSSR count). The second kappa shape index (κ2) is 5.99. The van der Waals surface area contributed by atoms with Crippen LogP contribution in [-0.2, 0) is 0 Å². The summed E-state index contributed by atoms with van der Waals surface area (Å²) in [5, 5.41) is 6.99. The summed E-state index contributed by atoms with van der Waals surface area (Å²) in [7, 11) is 0. The molecule has 6 heteroatoms. The number of aromatic nitrogens is 2. The molecule has 0 spiro atoms. The molecule has 0 bridgehead atoms. The van der Waals surface area contributed by atoms with Crippen molar-refractivity contribution in [3.05, 3.63) is 60.4 Å². The normalized spacial score (nSPS) is 10.9. The number of nitrogen functional groups attached to an aromatic ring is 2. The van der Waals surface area contributed by atoms with Crippen molar-refractivity contribution in [2.24, 2.45) is 0 Å². The van der Waals surface area contributed by atoms with E-state index in [1.807, 2.05) is 24.3 Å². The van der Waals surface area contributed by atoms with E-state index in [1.54, 1.807) is 23.7 Å². The number of thiophene rings is 1. The monoisotopic (exact) mass is 346 g/mol. The van der Waals surface area contributed by atoms with Crippen molar-refractivity contribution < 1.29 is 5.41 Å². The Labute approximate surface area is 148 Å². The molecular formula is C19H16N5S+. The van der Waals surface area contributed by atoms with Gasteiger partial charge < -0.3 is 11.5 Å². The van der Waals surface area contributed by atoms with E-state index in [2.05, 4.69) is 28.2 Å². The molecule has 0 fully saturated rings. The Hall–Kier alpha value is -3.25. The number of nitrogens with zero attached hydrogens (tertiary/aromatic N) is 2. The summed E-state index contributed by atoms with van der Waals surface area (Å²) in [6.07, 6.45) is 4.92. The van der Waals surface area contributed by atoms with Gasteiger partial charge in [0, 0.05) is 33.1 Å². The van der Waals surface area contributed by atoms with Crippen molar-refractivity contribution in [1.29, 1.82) is 0 Å². The van der Waals surface area contributed by atoms with Crippen molar-refractivity contribution in [2.45, 2.75) is 0 Å². The standard InChI is InChI=1S/C19H15N5S/c20-8-13-5-12(14-9-23-19(22)24-10-14)6-15(18(13)21)17-7-11-3-1-2-4-16(11)25-17/h1-10,20H,21H2,(H2,22,23,24)/p+1. The highest BCUT2D eigenvalue weighted by Crippen LogP contribution is 2.39. The minimum Gasteiger partial charge on any atom is -0.398 e. The molecule has 122 valence electrons. The zero-order valence-electron chi connectivity index (χ0n) is 13.3. The summed E-state index contributed by atoms with van der Waals surface area (Å²) in [5.41, 5.74) is 16.1. The number of benzene rings is 2. The second-order valence-electron chi connectivity index (χ2n) is 5.67. The van der Waals surface area contributed by atoms with Gasteiger partial charge in [0.25, 0.3) is 0 Å². The minimum absolute atomic E-state index is 0.245. The molecule has 2 heterocycles. The smallest absolute Gasteiger partial charge is 0.219 e. The highest BCUT2D eigenvalue weighted by atomic mass is 32.1. The molecular weight excluding hydrogens is 330 g/mol. The first-order valence-corrected chi connectivity index (χ1v) is 8.52. The number of anilines is 2. The van der Waals surface area contributed by atoms with Gasteiger partial charge >= 0.3 is 0 Å². The van der Waals surface area contributed by atoms with Crippen LogP contribution in [-0.4, -0.2) is 16.2 Å². The van der Waals surface area contributed by atoms with Crippen LogP contribution in [0.2, 0.25) is 0 Å². The van der Waals surface area contributed by atoms with Crippen LogP contribution in [0.5, 0.6) is 0 Å². The quantitative estimate of drug-likeness (QED) is 0.391. The van der Waals surface area contributed by atoms with E-state index in [1.165, 1.54) is 16.3 Å². The van der Waals surface area contributed by atoms with Crippen LogP contribution in [0.4, 0.5) is 11.6 Å². The fourth-order valence-electron chi connectivity index (χ4n) is 2.79. The zero-order chi connectivity index (χ0) is 17.4. The first kappa shape index (κ1) is 15.3. The predicted molar refractivity (Wildman–Crippen MR) is 104 cm³/mol. The fourth-order valence-corrected chi connectivity index (χ4v) is 3.88. The summed E-state index contributed by atoms with van der Waals surface area (Å²) in [6, 6.07) is 14.4. The van der Waals surface area contributed by atoms with Crippen molar-refractivity contribution in [1.82, 2.24) is 9.97 Å². The lowest BCUT2D eigenvalue weighted by atomic mass is 9.98. The molecule has 0 unspecified atom stereocenters. The summed E-state index contributed by atoms with van der Waals surface area (Å²) < 4.78 is 1.22. The van der Waals surface area contributed by atoms with Crippen molar-refractivity contribution >= 4 is 39.3 Å². The predicted octanol–water partition coefficient (Wildman–Crippen LogP) is 2.37. The molecule has 2 aromatic heterocycles. The molecule has 0 atom stereocenters. The Morgan fingerprint density at radius 1 is 0.960 bits per heavy atom. The molecule has 0 amide bonds. The van der Waals surface area contributed by atoms with Gasteiger partial charge in [-0.15, -0.1) is 11.3 Å². The summed E-state index contributed by atoms with van der Waals surface area (Å²) >= 11 is 1.70. The molecule has 4 aromatic rings. The van der Waals surface area contributed by atoms with Gasteiger partial charge in [-0.3, -0.25) is 5.41 Å². The van der Waals surface area contributed by atoms with Crippen molar-refractivity contribution in [3.8, 4) is 21.6 Å². The summed E-state index contributed by atoms with van der Waals surface area (Å²) in [4.78, 5) is 9.23. The molecule has 0 radical (unpaired) electrons. The van der Waals surface area contributed by atoms with E-state index in [0.29, 0.717) is 5.69 Å². The number of hydrogen-bond acceptors (Lipinski definition) is 5. The van der Waals surface area contributed by atoms with Gasteiger partial charge in [0.2, 0.25) is 5.95 Å². The van der Waals surface area contributed by atoms with E-state index in [4.69, 9.17) is 16.9 Å². The molecule has 0 saturated heterocycles. The third-order valence-electron chi connectivity index (χ3n) is 4.09. The Balaban J connectivity index is 1.93. The third-order valence-corrected chi connectivity index (χ3v) is 5.24. The van der Waals surface area contributed by atoms with Gasteiger partial charge in [-0.2, -0.15) is 0 Å². The SMILES string of the molecule is Nc1ncc(-c2cc(C=[NH2+])c(N)c(-c3cc4ccccc4s3)c2)cn1. The van der Waals surface area contributed by atoms with Crippen LogP contribution in [0.1, 0.15) is 5.56 Å². The molecule has 25 heavy (non-hydrogen) atoms. The van der Waals surface area contributed by atoms with Crippen LogP contribution in [0.25, 0.3) is 31.7 Å². The molecule has 2 aromatic carbocycles. The molecule has 5 nitrogen and oxygen atoms in total. The Kier molecular flexibility index (Phi) is 3.66. The van der Waals surface area contributed by atoms with Gasteiger partial charge in [0.15, 0.2) is 6.21 Å². The maximum absolute atomic E-state index is 6.36. The first-order valence-electron chi connectivity index (χ1n) is 7.71. The second-order valence-corrected chi connectivity index (χ2v) is 6.76. The van der Waals surface area contributed by atoms with Crippen LogP contribution < -0.4 is 16.9 Å². The maximum Gasteiger partial charge on any atom is 0.219 e. The molecule has 0 aliphatic rings. The lowest BCUT2D eigenvalue weighted by Crippen LogP contribution is -2.30. The van der Waals surface area contributed by atoms with Gasteiger partial charge in [0.1, 0.15) is 0 Å². The third kappa shape index (κ3) is 2.72. The number of rotatable bonds is 3. The van der Waals surface area contributed by atoms with E-state index in [-0.39, 0.29) is 5.95 Å². The summed E-state index contributed by atoms with van der Waals surface area (Å²) in [6.45, 7) is 0. The Morgan fingerprint density at radius 3 is 2.44 bits per heavy atom. The van der Waals surface area contributed by atoms with Crippen LogP contribution in [0, 0.1) is 0 Å².